The van der Waals surface area contributed by atoms with Gasteiger partial charge in [-0.2, -0.15) is 0 Å². The van der Waals surface area contributed by atoms with Crippen molar-refractivity contribution >= 4 is 11.7 Å². The molecule has 17 heavy (non-hydrogen) atoms. The quantitative estimate of drug-likeness (QED) is 0.801. The lowest BCUT2D eigenvalue weighted by Gasteiger charge is -2.25. The van der Waals surface area contributed by atoms with E-state index in [-0.39, 0.29) is 12.0 Å². The van der Waals surface area contributed by atoms with Crippen molar-refractivity contribution in [3.8, 4) is 0 Å². The molecule has 4 heteroatoms. The van der Waals surface area contributed by atoms with Crippen molar-refractivity contribution in [3.05, 3.63) is 29.8 Å². The van der Waals surface area contributed by atoms with E-state index < -0.39 is 0 Å². The Hall–Kier alpha value is -1.55. The third-order valence-electron chi connectivity index (χ3n) is 3.20. The fourth-order valence-corrected chi connectivity index (χ4v) is 2.32. The molecule has 0 spiro atoms. The molecular weight excluding hydrogens is 216 g/mol. The van der Waals surface area contributed by atoms with E-state index in [0.717, 1.165) is 30.6 Å². The summed E-state index contributed by atoms with van der Waals surface area (Å²) >= 11 is 0. The van der Waals surface area contributed by atoms with Crippen LogP contribution in [0.2, 0.25) is 0 Å². The first-order valence-corrected chi connectivity index (χ1v) is 5.89. The van der Waals surface area contributed by atoms with Gasteiger partial charge in [-0.05, 0) is 30.5 Å². The third kappa shape index (κ3) is 2.42. The highest BCUT2D eigenvalue weighted by Crippen LogP contribution is 2.26. The Morgan fingerprint density at radius 1 is 1.59 bits per heavy atom. The maximum absolute atomic E-state index is 11.7. The molecular formula is C13H18N2O2. The number of carbonyl (C=O) groups excluding carboxylic acids is 1. The number of esters is 1. The Labute approximate surface area is 101 Å². The highest BCUT2D eigenvalue weighted by molar-refractivity contribution is 5.80. The summed E-state index contributed by atoms with van der Waals surface area (Å²) in [5.41, 5.74) is 7.77. The minimum absolute atomic E-state index is 0.145. The second-order valence-corrected chi connectivity index (χ2v) is 4.25. The first-order valence-electron chi connectivity index (χ1n) is 5.89. The van der Waals surface area contributed by atoms with Gasteiger partial charge in [-0.1, -0.05) is 12.1 Å². The molecule has 1 aromatic rings. The second-order valence-electron chi connectivity index (χ2n) is 4.25. The van der Waals surface area contributed by atoms with E-state index in [1.165, 1.54) is 7.11 Å². The number of methoxy groups -OCH3 is 1. The molecule has 1 aromatic carbocycles. The van der Waals surface area contributed by atoms with Gasteiger partial charge in [0.05, 0.1) is 7.11 Å². The number of nitrogens with two attached hydrogens (primary N) is 1. The molecule has 4 nitrogen and oxygen atoms in total. The number of anilines is 1. The van der Waals surface area contributed by atoms with E-state index in [2.05, 4.69) is 4.90 Å². The number of nitrogens with zero attached hydrogens (tertiary/aromatic N) is 1. The molecule has 0 aromatic heterocycles. The number of rotatable bonds is 3. The summed E-state index contributed by atoms with van der Waals surface area (Å²) in [5, 5.41) is 0. The summed E-state index contributed by atoms with van der Waals surface area (Å²) in [6, 6.07) is 7.88. The van der Waals surface area contributed by atoms with Gasteiger partial charge in [0.15, 0.2) is 0 Å². The number of carbonyl (C=O) groups is 1. The molecule has 0 radical (unpaired) electrons. The number of hydrogen-bond acceptors (Lipinski definition) is 4. The normalized spacial score (nSPS) is 19.4. The monoisotopic (exact) mass is 234 g/mol. The average Bonchev–Trinajstić information content (AvgIpc) is 2.87. The zero-order valence-electron chi connectivity index (χ0n) is 10.1. The molecule has 1 heterocycles. The summed E-state index contributed by atoms with van der Waals surface area (Å²) in [5.74, 6) is -0.152. The summed E-state index contributed by atoms with van der Waals surface area (Å²) < 4.78 is 4.84. The highest BCUT2D eigenvalue weighted by Gasteiger charge is 2.31. The zero-order chi connectivity index (χ0) is 12.3. The van der Waals surface area contributed by atoms with Gasteiger partial charge < -0.3 is 15.4 Å². The van der Waals surface area contributed by atoms with Crippen LogP contribution in [-0.2, 0) is 16.1 Å². The predicted molar refractivity (Wildman–Crippen MR) is 66.7 cm³/mol. The average molecular weight is 234 g/mol. The van der Waals surface area contributed by atoms with E-state index in [0.29, 0.717) is 6.54 Å². The standard InChI is InChI=1S/C13H18N2O2/c1-17-13(16)12-6-3-7-15(12)11-5-2-4-10(8-11)9-14/h2,4-5,8,12H,3,6-7,9,14H2,1H3. The molecule has 2 rings (SSSR count). The van der Waals surface area contributed by atoms with Crippen LogP contribution in [0.1, 0.15) is 18.4 Å². The van der Waals surface area contributed by atoms with Crippen LogP contribution in [0.25, 0.3) is 0 Å². The minimum Gasteiger partial charge on any atom is -0.467 e. The predicted octanol–water partition coefficient (Wildman–Crippen LogP) is 1.29. The zero-order valence-corrected chi connectivity index (χ0v) is 10.1. The maximum atomic E-state index is 11.7. The lowest BCUT2D eigenvalue weighted by atomic mass is 10.1. The van der Waals surface area contributed by atoms with Crippen LogP contribution >= 0.6 is 0 Å². The smallest absolute Gasteiger partial charge is 0.328 e. The van der Waals surface area contributed by atoms with Crippen LogP contribution in [-0.4, -0.2) is 25.7 Å². The Bertz CT molecular complexity index is 406. The first kappa shape index (κ1) is 11.9. The van der Waals surface area contributed by atoms with E-state index in [1.54, 1.807) is 0 Å². The number of benzene rings is 1. The van der Waals surface area contributed by atoms with Crippen molar-refractivity contribution in [2.24, 2.45) is 5.73 Å². The van der Waals surface area contributed by atoms with Crippen LogP contribution in [0.4, 0.5) is 5.69 Å². The Morgan fingerprint density at radius 2 is 2.41 bits per heavy atom. The number of ether oxygens (including phenoxy) is 1. The van der Waals surface area contributed by atoms with E-state index in [9.17, 15) is 4.79 Å². The largest absolute Gasteiger partial charge is 0.467 e. The van der Waals surface area contributed by atoms with Crippen molar-refractivity contribution in [2.45, 2.75) is 25.4 Å². The van der Waals surface area contributed by atoms with Gasteiger partial charge in [-0.3, -0.25) is 0 Å². The van der Waals surface area contributed by atoms with Crippen LogP contribution in [0.3, 0.4) is 0 Å². The molecule has 2 N–H and O–H groups in total. The molecule has 0 amide bonds. The van der Waals surface area contributed by atoms with Crippen molar-refractivity contribution in [1.29, 1.82) is 0 Å². The maximum Gasteiger partial charge on any atom is 0.328 e. The van der Waals surface area contributed by atoms with E-state index >= 15 is 0 Å². The van der Waals surface area contributed by atoms with Gasteiger partial charge in [0.25, 0.3) is 0 Å². The van der Waals surface area contributed by atoms with Gasteiger partial charge in [0.2, 0.25) is 0 Å². The number of hydrogen-bond donors (Lipinski definition) is 1. The molecule has 0 aliphatic carbocycles. The molecule has 1 aliphatic rings. The molecule has 1 fully saturated rings. The van der Waals surface area contributed by atoms with Crippen LogP contribution in [0, 0.1) is 0 Å². The molecule has 0 bridgehead atoms. The third-order valence-corrected chi connectivity index (χ3v) is 3.20. The molecule has 1 saturated heterocycles. The van der Waals surface area contributed by atoms with Gasteiger partial charge in [-0.25, -0.2) is 4.79 Å². The fraction of sp³-hybridized carbons (Fsp3) is 0.462. The first-order chi connectivity index (χ1) is 8.26. The van der Waals surface area contributed by atoms with Crippen LogP contribution in [0.5, 0.6) is 0 Å². The van der Waals surface area contributed by atoms with Crippen molar-refractivity contribution in [1.82, 2.24) is 0 Å². The second kappa shape index (κ2) is 5.19. The minimum atomic E-state index is -0.152. The fourth-order valence-electron chi connectivity index (χ4n) is 2.32. The van der Waals surface area contributed by atoms with Gasteiger partial charge in [-0.15, -0.1) is 0 Å². The van der Waals surface area contributed by atoms with Crippen molar-refractivity contribution < 1.29 is 9.53 Å². The summed E-state index contributed by atoms with van der Waals surface area (Å²) in [6.07, 6.45) is 1.88. The molecule has 0 saturated carbocycles. The topological polar surface area (TPSA) is 55.6 Å². The SMILES string of the molecule is COC(=O)C1CCCN1c1cccc(CN)c1. The van der Waals surface area contributed by atoms with Crippen LogP contribution < -0.4 is 10.6 Å². The lowest BCUT2D eigenvalue weighted by molar-refractivity contribution is -0.141. The molecule has 92 valence electrons. The molecule has 1 aliphatic heterocycles. The van der Waals surface area contributed by atoms with Gasteiger partial charge >= 0.3 is 5.97 Å². The van der Waals surface area contributed by atoms with Crippen molar-refractivity contribution in [3.63, 3.8) is 0 Å². The van der Waals surface area contributed by atoms with Crippen LogP contribution in [0.15, 0.2) is 24.3 Å². The Morgan fingerprint density at radius 3 is 3.12 bits per heavy atom. The van der Waals surface area contributed by atoms with Crippen molar-refractivity contribution in [2.75, 3.05) is 18.6 Å². The lowest BCUT2D eigenvalue weighted by Crippen LogP contribution is -2.36. The highest BCUT2D eigenvalue weighted by atomic mass is 16.5. The molecule has 1 unspecified atom stereocenters. The Kier molecular flexibility index (Phi) is 3.64. The molecule has 1 atom stereocenters. The summed E-state index contributed by atoms with van der Waals surface area (Å²) in [7, 11) is 1.44. The van der Waals surface area contributed by atoms with E-state index in [4.69, 9.17) is 10.5 Å². The van der Waals surface area contributed by atoms with Gasteiger partial charge in [0.1, 0.15) is 6.04 Å². The summed E-state index contributed by atoms with van der Waals surface area (Å²) in [6.45, 7) is 1.42. The Balaban J connectivity index is 2.22. The van der Waals surface area contributed by atoms with E-state index in [1.807, 2.05) is 24.3 Å². The van der Waals surface area contributed by atoms with Gasteiger partial charge in [0, 0.05) is 18.8 Å². The summed E-state index contributed by atoms with van der Waals surface area (Å²) in [4.78, 5) is 13.8.